The van der Waals surface area contributed by atoms with E-state index in [2.05, 4.69) is 13.2 Å². The van der Waals surface area contributed by atoms with Gasteiger partial charge in [-0.15, -0.1) is 0 Å². The first-order valence-corrected chi connectivity index (χ1v) is 7.86. The van der Waals surface area contributed by atoms with Crippen LogP contribution in [0.15, 0.2) is 24.3 Å². The van der Waals surface area contributed by atoms with Crippen molar-refractivity contribution in [3.05, 3.63) is 24.3 Å². The van der Waals surface area contributed by atoms with Crippen LogP contribution >= 0.6 is 0 Å². The monoisotopic (exact) mass is 326 g/mol. The van der Waals surface area contributed by atoms with Crippen LogP contribution in [-0.4, -0.2) is 37.4 Å². The molecule has 2 unspecified atom stereocenters. The summed E-state index contributed by atoms with van der Waals surface area (Å²) in [5.41, 5.74) is 0.701. The molecule has 5 heteroatoms. The quantitative estimate of drug-likeness (QED) is 0.455. The second-order valence-corrected chi connectivity index (χ2v) is 6.46. The Morgan fingerprint density at radius 3 is 1.30 bits per heavy atom. The smallest absolute Gasteiger partial charge is 0.333 e. The first-order chi connectivity index (χ1) is 10.6. The molecule has 0 saturated heterocycles. The molecular formula is C18H30O5. The van der Waals surface area contributed by atoms with E-state index in [4.69, 9.17) is 14.2 Å². The van der Waals surface area contributed by atoms with Crippen molar-refractivity contribution >= 4 is 11.9 Å². The molecule has 0 spiro atoms. The number of esters is 2. The van der Waals surface area contributed by atoms with Crippen LogP contribution in [0.5, 0.6) is 0 Å². The molecule has 2 atom stereocenters. The molecule has 0 aliphatic carbocycles. The summed E-state index contributed by atoms with van der Waals surface area (Å²) in [6, 6.07) is 0. The van der Waals surface area contributed by atoms with E-state index in [1.807, 2.05) is 27.7 Å². The van der Waals surface area contributed by atoms with Crippen molar-refractivity contribution in [2.45, 2.75) is 53.8 Å². The van der Waals surface area contributed by atoms with Crippen molar-refractivity contribution in [2.24, 2.45) is 11.8 Å². The highest BCUT2D eigenvalue weighted by Gasteiger charge is 2.25. The molecule has 0 saturated carbocycles. The highest BCUT2D eigenvalue weighted by Crippen LogP contribution is 2.16. The molecule has 0 rings (SSSR count). The average Bonchev–Trinajstić information content (AvgIpc) is 2.44. The maximum atomic E-state index is 11.5. The van der Waals surface area contributed by atoms with E-state index < -0.39 is 11.9 Å². The lowest BCUT2D eigenvalue weighted by atomic mass is 10.0. The maximum absolute atomic E-state index is 11.5. The average molecular weight is 326 g/mol. The second-order valence-electron chi connectivity index (χ2n) is 6.46. The Labute approximate surface area is 139 Å². The molecule has 0 amide bonds. The van der Waals surface area contributed by atoms with Crippen molar-refractivity contribution in [3.8, 4) is 0 Å². The van der Waals surface area contributed by atoms with E-state index in [9.17, 15) is 9.59 Å². The Hall–Kier alpha value is -1.62. The molecule has 0 aromatic heterocycles. The van der Waals surface area contributed by atoms with Gasteiger partial charge in [-0.25, -0.2) is 9.59 Å². The summed E-state index contributed by atoms with van der Waals surface area (Å²) in [6.07, 6.45) is -0.566. The van der Waals surface area contributed by atoms with E-state index in [0.717, 1.165) is 0 Å². The predicted octanol–water partition coefficient (Wildman–Crippen LogP) is 3.29. The van der Waals surface area contributed by atoms with Gasteiger partial charge in [-0.3, -0.25) is 0 Å². The number of rotatable bonds is 10. The van der Waals surface area contributed by atoms with Crippen LogP contribution in [0.3, 0.4) is 0 Å². The van der Waals surface area contributed by atoms with Gasteiger partial charge in [0.25, 0.3) is 0 Å². The summed E-state index contributed by atoms with van der Waals surface area (Å²) >= 11 is 0. The third kappa shape index (κ3) is 8.55. The van der Waals surface area contributed by atoms with Gasteiger partial charge >= 0.3 is 11.9 Å². The van der Waals surface area contributed by atoms with Crippen LogP contribution in [0.4, 0.5) is 0 Å². The minimum Gasteiger partial charge on any atom is -0.460 e. The molecule has 132 valence electrons. The maximum Gasteiger partial charge on any atom is 0.333 e. The number of hydrogen-bond donors (Lipinski definition) is 0. The molecule has 5 nitrogen and oxygen atoms in total. The minimum atomic E-state index is -0.436. The molecule has 0 aliphatic heterocycles. The normalized spacial score (nSPS) is 13.6. The summed E-state index contributed by atoms with van der Waals surface area (Å²) in [7, 11) is 0. The van der Waals surface area contributed by atoms with E-state index in [1.54, 1.807) is 13.8 Å². The zero-order valence-electron chi connectivity index (χ0n) is 15.2. The standard InChI is InChI=1S/C18H30O5/c1-11(2)15(9-21-17(19)13(5)6)23-16(12(3)4)10-22-18(20)14(7)8/h11-12,15-16H,5,7,9-10H2,1-4,6,8H3. The number of ether oxygens (including phenoxy) is 3. The van der Waals surface area contributed by atoms with Gasteiger partial charge < -0.3 is 14.2 Å². The van der Waals surface area contributed by atoms with Crippen molar-refractivity contribution in [3.63, 3.8) is 0 Å². The number of carbonyl (C=O) groups excluding carboxylic acids is 2. The summed E-state index contributed by atoms with van der Waals surface area (Å²) in [6.45, 7) is 18.5. The van der Waals surface area contributed by atoms with Crippen LogP contribution in [0.1, 0.15) is 41.5 Å². The SMILES string of the molecule is C=C(C)C(=O)OCC(OC(COC(=O)C(=C)C)C(C)C)C(C)C. The van der Waals surface area contributed by atoms with Gasteiger partial charge in [-0.2, -0.15) is 0 Å². The third-order valence-corrected chi connectivity index (χ3v) is 3.29. The Kier molecular flexibility index (Phi) is 9.49. The van der Waals surface area contributed by atoms with Crippen LogP contribution in [-0.2, 0) is 23.8 Å². The van der Waals surface area contributed by atoms with Crippen LogP contribution in [0, 0.1) is 11.8 Å². The molecule has 0 radical (unpaired) electrons. The summed E-state index contributed by atoms with van der Waals surface area (Å²) in [5, 5.41) is 0. The molecule has 0 fully saturated rings. The fraction of sp³-hybridized carbons (Fsp3) is 0.667. The van der Waals surface area contributed by atoms with E-state index in [1.165, 1.54) is 0 Å². The first kappa shape index (κ1) is 21.4. The highest BCUT2D eigenvalue weighted by molar-refractivity contribution is 5.87. The lowest BCUT2D eigenvalue weighted by Crippen LogP contribution is -2.37. The number of hydrogen-bond acceptors (Lipinski definition) is 5. The summed E-state index contributed by atoms with van der Waals surface area (Å²) in [4.78, 5) is 23.0. The topological polar surface area (TPSA) is 61.8 Å². The molecule has 0 aromatic rings. The fourth-order valence-electron chi connectivity index (χ4n) is 1.56. The van der Waals surface area contributed by atoms with E-state index in [-0.39, 0.29) is 37.3 Å². The molecule has 0 aromatic carbocycles. The largest absolute Gasteiger partial charge is 0.460 e. The summed E-state index contributed by atoms with van der Waals surface area (Å²) < 4.78 is 16.4. The molecule has 0 heterocycles. The zero-order chi connectivity index (χ0) is 18.2. The lowest BCUT2D eigenvalue weighted by molar-refractivity contribution is -0.156. The predicted molar refractivity (Wildman–Crippen MR) is 89.9 cm³/mol. The van der Waals surface area contributed by atoms with Gasteiger partial charge in [-0.1, -0.05) is 40.9 Å². The van der Waals surface area contributed by atoms with Gasteiger partial charge in [-0.05, 0) is 25.7 Å². The Balaban J connectivity index is 4.70. The molecule has 0 bridgehead atoms. The van der Waals surface area contributed by atoms with Crippen molar-refractivity contribution in [2.75, 3.05) is 13.2 Å². The Bertz CT molecular complexity index is 397. The van der Waals surface area contributed by atoms with Gasteiger partial charge in [0, 0.05) is 11.1 Å². The van der Waals surface area contributed by atoms with Gasteiger partial charge in [0.15, 0.2) is 0 Å². The van der Waals surface area contributed by atoms with Gasteiger partial charge in [0.2, 0.25) is 0 Å². The zero-order valence-corrected chi connectivity index (χ0v) is 15.2. The van der Waals surface area contributed by atoms with E-state index >= 15 is 0 Å². The highest BCUT2D eigenvalue weighted by atomic mass is 16.6. The molecular weight excluding hydrogens is 296 g/mol. The second kappa shape index (κ2) is 10.2. The Morgan fingerprint density at radius 1 is 0.783 bits per heavy atom. The fourth-order valence-corrected chi connectivity index (χ4v) is 1.56. The third-order valence-electron chi connectivity index (χ3n) is 3.29. The van der Waals surface area contributed by atoms with Crippen molar-refractivity contribution < 1.29 is 23.8 Å². The summed E-state index contributed by atoms with van der Waals surface area (Å²) in [5.74, 6) is -0.583. The van der Waals surface area contributed by atoms with Crippen LogP contribution in [0.25, 0.3) is 0 Å². The van der Waals surface area contributed by atoms with Crippen molar-refractivity contribution in [1.82, 2.24) is 0 Å². The van der Waals surface area contributed by atoms with Crippen LogP contribution in [0.2, 0.25) is 0 Å². The molecule has 0 aliphatic rings. The minimum absolute atomic E-state index is 0.140. The van der Waals surface area contributed by atoms with Crippen molar-refractivity contribution in [1.29, 1.82) is 0 Å². The van der Waals surface area contributed by atoms with E-state index in [0.29, 0.717) is 11.1 Å². The molecule has 0 N–H and O–H groups in total. The van der Waals surface area contributed by atoms with Gasteiger partial charge in [0.05, 0.1) is 12.2 Å². The molecule has 23 heavy (non-hydrogen) atoms. The Morgan fingerprint density at radius 2 is 1.09 bits per heavy atom. The number of carbonyl (C=O) groups is 2. The lowest BCUT2D eigenvalue weighted by Gasteiger charge is -2.29. The first-order valence-electron chi connectivity index (χ1n) is 7.86. The van der Waals surface area contributed by atoms with Gasteiger partial charge in [0.1, 0.15) is 13.2 Å². The van der Waals surface area contributed by atoms with Crippen LogP contribution < -0.4 is 0 Å².